The van der Waals surface area contributed by atoms with E-state index in [0.717, 1.165) is 32.6 Å². The molecule has 2 N–H and O–H groups in total. The molecule has 2 aromatic heterocycles. The van der Waals surface area contributed by atoms with Gasteiger partial charge in [0.25, 0.3) is 0 Å². The fourth-order valence-electron chi connectivity index (χ4n) is 2.39. The third-order valence-corrected chi connectivity index (χ3v) is 4.19. The van der Waals surface area contributed by atoms with Crippen molar-refractivity contribution in [2.75, 3.05) is 19.5 Å². The predicted octanol–water partition coefficient (Wildman–Crippen LogP) is 3.31. The summed E-state index contributed by atoms with van der Waals surface area (Å²) in [6, 6.07) is 7.70. The van der Waals surface area contributed by atoms with E-state index in [1.165, 1.54) is 0 Å². The highest BCUT2D eigenvalue weighted by Crippen LogP contribution is 2.34. The van der Waals surface area contributed by atoms with E-state index in [0.29, 0.717) is 5.75 Å². The Morgan fingerprint density at radius 3 is 2.86 bits per heavy atom. The second kappa shape index (κ2) is 5.98. The fourth-order valence-corrected chi connectivity index (χ4v) is 2.89. The average molecular weight is 362 g/mol. The van der Waals surface area contributed by atoms with Crippen molar-refractivity contribution in [2.24, 2.45) is 0 Å². The first-order valence-corrected chi connectivity index (χ1v) is 7.59. The summed E-state index contributed by atoms with van der Waals surface area (Å²) >= 11 is 3.48. The van der Waals surface area contributed by atoms with Gasteiger partial charge >= 0.3 is 0 Å². The number of nitrogens with one attached hydrogen (secondary N) is 1. The van der Waals surface area contributed by atoms with Crippen LogP contribution in [0.3, 0.4) is 0 Å². The lowest BCUT2D eigenvalue weighted by Gasteiger charge is -2.10. The molecule has 3 rings (SSSR count). The monoisotopic (exact) mass is 361 g/mol. The van der Waals surface area contributed by atoms with E-state index in [1.54, 1.807) is 7.11 Å². The van der Waals surface area contributed by atoms with E-state index in [2.05, 4.69) is 26.2 Å². The van der Waals surface area contributed by atoms with Gasteiger partial charge in [-0.1, -0.05) is 0 Å². The molecule has 0 fully saturated rings. The molecule has 6 heteroatoms. The minimum atomic E-state index is -0.0748. The molecule has 0 radical (unpaired) electrons. The first-order valence-electron chi connectivity index (χ1n) is 6.80. The number of aliphatic hydroxyl groups excluding tert-OH is 1. The van der Waals surface area contributed by atoms with E-state index in [-0.39, 0.29) is 6.61 Å². The van der Waals surface area contributed by atoms with Gasteiger partial charge < -0.3 is 19.6 Å². The van der Waals surface area contributed by atoms with E-state index in [4.69, 9.17) is 4.74 Å². The number of anilines is 1. The molecule has 0 aliphatic heterocycles. The van der Waals surface area contributed by atoms with Crippen LogP contribution in [-0.4, -0.2) is 28.6 Å². The minimum Gasteiger partial charge on any atom is -0.496 e. The minimum absolute atomic E-state index is 0.0748. The molecule has 3 aromatic rings. The van der Waals surface area contributed by atoms with Gasteiger partial charge in [-0.3, -0.25) is 0 Å². The lowest BCUT2D eigenvalue weighted by atomic mass is 10.1. The van der Waals surface area contributed by atoms with Crippen molar-refractivity contribution in [1.29, 1.82) is 0 Å². The maximum atomic E-state index is 9.63. The lowest BCUT2D eigenvalue weighted by molar-refractivity contribution is 0.281. The summed E-state index contributed by atoms with van der Waals surface area (Å²) < 4.78 is 8.06. The van der Waals surface area contributed by atoms with Crippen molar-refractivity contribution in [1.82, 2.24) is 9.38 Å². The quantitative estimate of drug-likeness (QED) is 0.748. The zero-order valence-corrected chi connectivity index (χ0v) is 13.9. The number of benzene rings is 1. The first-order chi connectivity index (χ1) is 10.7. The zero-order valence-electron chi connectivity index (χ0n) is 12.3. The molecule has 0 atom stereocenters. The van der Waals surface area contributed by atoms with Crippen LogP contribution in [-0.2, 0) is 6.61 Å². The van der Waals surface area contributed by atoms with Gasteiger partial charge in [0.15, 0.2) is 0 Å². The Labute approximate surface area is 136 Å². The number of nitrogens with zero attached hydrogens (tertiary/aromatic N) is 2. The summed E-state index contributed by atoms with van der Waals surface area (Å²) in [7, 11) is 3.48. The van der Waals surface area contributed by atoms with Crippen molar-refractivity contribution in [3.05, 3.63) is 46.7 Å². The third kappa shape index (κ3) is 2.55. The van der Waals surface area contributed by atoms with Gasteiger partial charge in [0.05, 0.1) is 23.9 Å². The SMILES string of the molecule is CNc1ccn2cc(-c3cc(Br)c(OC)cc3CO)nc2c1. The van der Waals surface area contributed by atoms with Crippen LogP contribution in [0.1, 0.15) is 5.56 Å². The van der Waals surface area contributed by atoms with Crippen LogP contribution in [0.4, 0.5) is 5.69 Å². The molecule has 0 unspecified atom stereocenters. The Morgan fingerprint density at radius 1 is 1.36 bits per heavy atom. The zero-order chi connectivity index (χ0) is 15.7. The topological polar surface area (TPSA) is 58.8 Å². The smallest absolute Gasteiger partial charge is 0.139 e. The second-order valence-electron chi connectivity index (χ2n) is 4.86. The third-order valence-electron chi connectivity index (χ3n) is 3.57. The molecule has 114 valence electrons. The number of ether oxygens (including phenoxy) is 1. The largest absolute Gasteiger partial charge is 0.496 e. The van der Waals surface area contributed by atoms with Crippen molar-refractivity contribution in [2.45, 2.75) is 6.61 Å². The van der Waals surface area contributed by atoms with Crippen LogP contribution in [0.25, 0.3) is 16.9 Å². The second-order valence-corrected chi connectivity index (χ2v) is 5.71. The number of hydrogen-bond acceptors (Lipinski definition) is 4. The van der Waals surface area contributed by atoms with Gasteiger partial charge in [0, 0.05) is 36.8 Å². The summed E-state index contributed by atoms with van der Waals surface area (Å²) in [5.41, 5.74) is 4.31. The number of aromatic nitrogens is 2. The highest BCUT2D eigenvalue weighted by molar-refractivity contribution is 9.10. The Morgan fingerprint density at radius 2 is 2.18 bits per heavy atom. The van der Waals surface area contributed by atoms with Crippen molar-refractivity contribution < 1.29 is 9.84 Å². The summed E-state index contributed by atoms with van der Waals surface area (Å²) in [6.07, 6.45) is 3.90. The number of methoxy groups -OCH3 is 1. The van der Waals surface area contributed by atoms with Crippen LogP contribution in [0.2, 0.25) is 0 Å². The Balaban J connectivity index is 2.16. The number of hydrogen-bond donors (Lipinski definition) is 2. The maximum Gasteiger partial charge on any atom is 0.139 e. The van der Waals surface area contributed by atoms with E-state index in [1.807, 2.05) is 48.1 Å². The number of pyridine rings is 1. The van der Waals surface area contributed by atoms with E-state index in [9.17, 15) is 5.11 Å². The number of imidazole rings is 1. The van der Waals surface area contributed by atoms with Crippen LogP contribution in [0.15, 0.2) is 41.1 Å². The average Bonchev–Trinajstić information content (AvgIpc) is 2.97. The van der Waals surface area contributed by atoms with Crippen molar-refractivity contribution in [3.8, 4) is 17.0 Å². The maximum absolute atomic E-state index is 9.63. The molecule has 1 aromatic carbocycles. The summed E-state index contributed by atoms with van der Waals surface area (Å²) in [5, 5.41) is 12.7. The predicted molar refractivity (Wildman–Crippen MR) is 90.3 cm³/mol. The van der Waals surface area contributed by atoms with E-state index >= 15 is 0 Å². The van der Waals surface area contributed by atoms with Crippen molar-refractivity contribution >= 4 is 27.3 Å². The highest BCUT2D eigenvalue weighted by Gasteiger charge is 2.13. The number of fused-ring (bicyclic) bond motifs is 1. The van der Waals surface area contributed by atoms with Crippen LogP contribution >= 0.6 is 15.9 Å². The molecular weight excluding hydrogens is 346 g/mol. The Bertz CT molecular complexity index is 830. The number of halogens is 1. The highest BCUT2D eigenvalue weighted by atomic mass is 79.9. The molecule has 22 heavy (non-hydrogen) atoms. The van der Waals surface area contributed by atoms with Crippen molar-refractivity contribution in [3.63, 3.8) is 0 Å². The van der Waals surface area contributed by atoms with Crippen LogP contribution in [0.5, 0.6) is 5.75 Å². The van der Waals surface area contributed by atoms with Gasteiger partial charge in [0.2, 0.25) is 0 Å². The first kappa shape index (κ1) is 14.9. The summed E-state index contributed by atoms with van der Waals surface area (Å²) in [5.74, 6) is 0.689. The van der Waals surface area contributed by atoms with Gasteiger partial charge in [-0.05, 0) is 39.7 Å². The van der Waals surface area contributed by atoms with Gasteiger partial charge in [-0.2, -0.15) is 0 Å². The van der Waals surface area contributed by atoms with Gasteiger partial charge in [-0.15, -0.1) is 0 Å². The fraction of sp³-hybridized carbons (Fsp3) is 0.188. The molecule has 0 spiro atoms. The molecule has 0 aliphatic rings. The molecule has 0 saturated carbocycles. The number of aliphatic hydroxyl groups is 1. The molecule has 0 bridgehead atoms. The van der Waals surface area contributed by atoms with Crippen LogP contribution in [0, 0.1) is 0 Å². The normalized spacial score (nSPS) is 10.9. The summed E-state index contributed by atoms with van der Waals surface area (Å²) in [6.45, 7) is -0.0748. The lowest BCUT2D eigenvalue weighted by Crippen LogP contribution is -1.93. The molecule has 0 amide bonds. The molecule has 2 heterocycles. The van der Waals surface area contributed by atoms with Gasteiger partial charge in [0.1, 0.15) is 11.4 Å². The molecule has 0 aliphatic carbocycles. The van der Waals surface area contributed by atoms with E-state index < -0.39 is 0 Å². The van der Waals surface area contributed by atoms with Crippen LogP contribution < -0.4 is 10.1 Å². The Kier molecular flexibility index (Phi) is 4.04. The summed E-state index contributed by atoms with van der Waals surface area (Å²) in [4.78, 5) is 4.65. The number of rotatable bonds is 4. The molecular formula is C16H16BrN3O2. The van der Waals surface area contributed by atoms with Gasteiger partial charge in [-0.25, -0.2) is 4.98 Å². The Hall–Kier alpha value is -2.05. The molecule has 0 saturated heterocycles. The molecule has 5 nitrogen and oxygen atoms in total. The standard InChI is InChI=1S/C16H16BrN3O2/c1-18-11-3-4-20-8-14(19-16(20)6-11)12-7-13(17)15(22-2)5-10(12)9-21/h3-8,18,21H,9H2,1-2H3.